The molecule has 0 amide bonds. The van der Waals surface area contributed by atoms with Gasteiger partial charge in [0.25, 0.3) is 0 Å². The van der Waals surface area contributed by atoms with E-state index >= 15 is 0 Å². The number of hydrogen-bond acceptors (Lipinski definition) is 2. The molecule has 0 aromatic heterocycles. The van der Waals surface area contributed by atoms with Crippen LogP contribution in [0.15, 0.2) is 28.7 Å². The Bertz CT molecular complexity index is 299. The second-order valence-corrected chi connectivity index (χ2v) is 4.04. The zero-order valence-electron chi connectivity index (χ0n) is 6.80. The van der Waals surface area contributed by atoms with Crippen LogP contribution in [0, 0.1) is 0 Å². The number of rotatable bonds is 3. The van der Waals surface area contributed by atoms with Gasteiger partial charge in [0.1, 0.15) is 6.61 Å². The van der Waals surface area contributed by atoms with Gasteiger partial charge in [-0.15, -0.1) is 0 Å². The molecule has 0 fully saturated rings. The van der Waals surface area contributed by atoms with E-state index in [1.807, 2.05) is 6.07 Å². The van der Waals surface area contributed by atoms with E-state index < -0.39 is 0 Å². The summed E-state index contributed by atoms with van der Waals surface area (Å²) in [6.07, 6.45) is 0. The van der Waals surface area contributed by atoms with Crippen LogP contribution in [0.4, 0.5) is 0 Å². The molecule has 1 aromatic carbocycles. The number of ether oxygens (including phenoxy) is 1. The molecule has 1 aromatic rings. The van der Waals surface area contributed by atoms with E-state index in [1.165, 1.54) is 0 Å². The third-order valence-corrected chi connectivity index (χ3v) is 2.19. The van der Waals surface area contributed by atoms with Gasteiger partial charge in [-0.25, -0.2) is 4.79 Å². The van der Waals surface area contributed by atoms with E-state index in [2.05, 4.69) is 31.9 Å². The van der Waals surface area contributed by atoms with Crippen LogP contribution in [0.2, 0.25) is 0 Å². The lowest BCUT2D eigenvalue weighted by Gasteiger charge is -2.02. The number of halogens is 2. The molecule has 0 aliphatic heterocycles. The Morgan fingerprint density at radius 1 is 1.46 bits per heavy atom. The van der Waals surface area contributed by atoms with E-state index in [0.717, 1.165) is 4.47 Å². The van der Waals surface area contributed by atoms with Crippen LogP contribution in [-0.4, -0.2) is 17.9 Å². The van der Waals surface area contributed by atoms with E-state index in [4.69, 9.17) is 4.74 Å². The van der Waals surface area contributed by atoms with Gasteiger partial charge in [0.2, 0.25) is 0 Å². The van der Waals surface area contributed by atoms with Crippen LogP contribution < -0.4 is 0 Å². The number of carbonyl (C=O) groups excluding carboxylic acids is 1. The molecule has 0 saturated carbocycles. The Balaban J connectivity index is 2.66. The van der Waals surface area contributed by atoms with Gasteiger partial charge >= 0.3 is 5.97 Å². The number of benzene rings is 1. The first-order chi connectivity index (χ1) is 6.24. The summed E-state index contributed by atoms with van der Waals surface area (Å²) in [6, 6.07) is 7.12. The summed E-state index contributed by atoms with van der Waals surface area (Å²) in [4.78, 5) is 11.3. The van der Waals surface area contributed by atoms with E-state index in [9.17, 15) is 4.79 Å². The molecule has 0 unspecified atom stereocenters. The summed E-state index contributed by atoms with van der Waals surface area (Å²) in [5.74, 6) is -0.291. The zero-order valence-corrected chi connectivity index (χ0v) is 9.97. The lowest BCUT2D eigenvalue weighted by molar-refractivity contribution is 0.0531. The van der Waals surface area contributed by atoms with Gasteiger partial charge in [-0.3, -0.25) is 0 Å². The Morgan fingerprint density at radius 2 is 2.23 bits per heavy atom. The van der Waals surface area contributed by atoms with Gasteiger partial charge in [-0.1, -0.05) is 37.9 Å². The van der Waals surface area contributed by atoms with Crippen molar-refractivity contribution >= 4 is 37.8 Å². The first-order valence-corrected chi connectivity index (χ1v) is 5.64. The summed E-state index contributed by atoms with van der Waals surface area (Å²) in [5.41, 5.74) is 0.565. The van der Waals surface area contributed by atoms with Crippen molar-refractivity contribution in [2.75, 3.05) is 11.9 Å². The van der Waals surface area contributed by atoms with Gasteiger partial charge in [-0.05, 0) is 18.2 Å². The average molecular weight is 308 g/mol. The molecule has 2 nitrogen and oxygen atoms in total. The number of hydrogen-bond donors (Lipinski definition) is 0. The van der Waals surface area contributed by atoms with Gasteiger partial charge in [0.05, 0.1) is 5.56 Å². The molecule has 70 valence electrons. The fourth-order valence-corrected chi connectivity index (χ4v) is 1.39. The van der Waals surface area contributed by atoms with E-state index in [0.29, 0.717) is 17.5 Å². The SMILES string of the molecule is O=C(OCCBr)c1cccc(Br)c1. The van der Waals surface area contributed by atoms with Crippen LogP contribution >= 0.6 is 31.9 Å². The topological polar surface area (TPSA) is 26.3 Å². The summed E-state index contributed by atoms with van der Waals surface area (Å²) < 4.78 is 5.80. The highest BCUT2D eigenvalue weighted by Crippen LogP contribution is 2.12. The third kappa shape index (κ3) is 3.48. The molecule has 0 bridgehead atoms. The standard InChI is InChI=1S/C9H8Br2O2/c10-4-5-13-9(12)7-2-1-3-8(11)6-7/h1-3,6H,4-5H2. The van der Waals surface area contributed by atoms with Gasteiger partial charge in [0.15, 0.2) is 0 Å². The molecule has 13 heavy (non-hydrogen) atoms. The molecule has 0 N–H and O–H groups in total. The second kappa shape index (κ2) is 5.40. The quantitative estimate of drug-likeness (QED) is 0.634. The molecule has 1 rings (SSSR count). The summed E-state index contributed by atoms with van der Waals surface area (Å²) in [7, 11) is 0. The summed E-state index contributed by atoms with van der Waals surface area (Å²) in [5, 5.41) is 0.659. The average Bonchev–Trinajstić information content (AvgIpc) is 2.14. The maximum absolute atomic E-state index is 11.3. The zero-order chi connectivity index (χ0) is 9.68. The van der Waals surface area contributed by atoms with Crippen molar-refractivity contribution in [1.82, 2.24) is 0 Å². The van der Waals surface area contributed by atoms with Crippen molar-refractivity contribution in [2.45, 2.75) is 0 Å². The summed E-state index contributed by atoms with van der Waals surface area (Å²) >= 11 is 6.46. The van der Waals surface area contributed by atoms with Crippen LogP contribution in [0.25, 0.3) is 0 Å². The Kier molecular flexibility index (Phi) is 4.45. The number of esters is 1. The molecular weight excluding hydrogens is 300 g/mol. The highest BCUT2D eigenvalue weighted by Gasteiger charge is 2.05. The Labute approximate surface area is 93.5 Å². The molecule has 0 aliphatic carbocycles. The smallest absolute Gasteiger partial charge is 0.338 e. The molecule has 0 spiro atoms. The molecular formula is C9H8Br2O2. The maximum atomic E-state index is 11.3. The lowest BCUT2D eigenvalue weighted by Crippen LogP contribution is -2.06. The predicted octanol–water partition coefficient (Wildman–Crippen LogP) is 3.00. The molecule has 0 saturated heterocycles. The maximum Gasteiger partial charge on any atom is 0.338 e. The van der Waals surface area contributed by atoms with Crippen molar-refractivity contribution in [2.24, 2.45) is 0 Å². The summed E-state index contributed by atoms with van der Waals surface area (Å²) in [6.45, 7) is 0.394. The van der Waals surface area contributed by atoms with Crippen molar-refractivity contribution < 1.29 is 9.53 Å². The monoisotopic (exact) mass is 306 g/mol. The second-order valence-electron chi connectivity index (χ2n) is 2.34. The minimum Gasteiger partial charge on any atom is -0.461 e. The van der Waals surface area contributed by atoms with Crippen molar-refractivity contribution in [3.05, 3.63) is 34.3 Å². The third-order valence-electron chi connectivity index (χ3n) is 1.37. The molecule has 0 atom stereocenters. The van der Waals surface area contributed by atoms with Crippen molar-refractivity contribution in [3.8, 4) is 0 Å². The fraction of sp³-hybridized carbons (Fsp3) is 0.222. The highest BCUT2D eigenvalue weighted by atomic mass is 79.9. The van der Waals surface area contributed by atoms with Crippen LogP contribution in [-0.2, 0) is 4.74 Å². The molecule has 0 radical (unpaired) electrons. The number of alkyl halides is 1. The first-order valence-electron chi connectivity index (χ1n) is 3.72. The molecule has 4 heteroatoms. The van der Waals surface area contributed by atoms with Crippen LogP contribution in [0.5, 0.6) is 0 Å². The first kappa shape index (κ1) is 10.7. The Hall–Kier alpha value is -0.350. The van der Waals surface area contributed by atoms with Crippen LogP contribution in [0.3, 0.4) is 0 Å². The lowest BCUT2D eigenvalue weighted by atomic mass is 10.2. The fourth-order valence-electron chi connectivity index (χ4n) is 0.830. The van der Waals surface area contributed by atoms with Gasteiger partial charge in [0, 0.05) is 9.80 Å². The predicted molar refractivity (Wildman–Crippen MR) is 58.2 cm³/mol. The minimum atomic E-state index is -0.291. The Morgan fingerprint density at radius 3 is 2.85 bits per heavy atom. The normalized spacial score (nSPS) is 9.69. The van der Waals surface area contributed by atoms with Crippen molar-refractivity contribution in [1.29, 1.82) is 0 Å². The number of carbonyl (C=O) groups is 1. The minimum absolute atomic E-state index is 0.291. The van der Waals surface area contributed by atoms with Gasteiger partial charge in [-0.2, -0.15) is 0 Å². The van der Waals surface area contributed by atoms with Crippen molar-refractivity contribution in [3.63, 3.8) is 0 Å². The molecule has 0 aliphatic rings. The van der Waals surface area contributed by atoms with Gasteiger partial charge < -0.3 is 4.74 Å². The van der Waals surface area contributed by atoms with Crippen LogP contribution in [0.1, 0.15) is 10.4 Å². The van der Waals surface area contributed by atoms with E-state index in [1.54, 1.807) is 18.2 Å². The largest absolute Gasteiger partial charge is 0.461 e. The molecule has 0 heterocycles. The van der Waals surface area contributed by atoms with E-state index in [-0.39, 0.29) is 5.97 Å². The highest BCUT2D eigenvalue weighted by molar-refractivity contribution is 9.10.